The number of carbonyl (C=O) groups is 2. The third-order valence-electron chi connectivity index (χ3n) is 4.48. The van der Waals surface area contributed by atoms with Gasteiger partial charge in [0.25, 0.3) is 5.91 Å². The molecule has 0 aliphatic carbocycles. The maximum atomic E-state index is 11.9. The van der Waals surface area contributed by atoms with Crippen molar-refractivity contribution >= 4 is 27.9 Å². The van der Waals surface area contributed by atoms with Gasteiger partial charge in [-0.1, -0.05) is 20.8 Å². The van der Waals surface area contributed by atoms with Crippen LogP contribution in [0.15, 0.2) is 0 Å². The summed E-state index contributed by atoms with van der Waals surface area (Å²) in [6.45, 7) is 11.2. The standard InChI is InChI=1S/C12H22BNO4Si/c1-12(2,3)19(4,5)17-6-7-8-9(18-8)10(15)14(7)11(13)16/h7-9H,6,13H2,1-5H3/t7-,8?,9?/m1/s1. The number of ether oxygens (including phenoxy) is 1. The van der Waals surface area contributed by atoms with E-state index in [1.807, 2.05) is 0 Å². The first-order valence-electron chi connectivity index (χ1n) is 6.69. The van der Waals surface area contributed by atoms with Crippen LogP contribution in [0, 0.1) is 0 Å². The van der Waals surface area contributed by atoms with Crippen LogP contribution in [0.5, 0.6) is 0 Å². The number of hydrogen-bond donors (Lipinski definition) is 0. The molecule has 0 aromatic heterocycles. The predicted octanol–water partition coefficient (Wildman–Crippen LogP) is 0.739. The molecule has 0 spiro atoms. The summed E-state index contributed by atoms with van der Waals surface area (Å²) >= 11 is 0. The van der Waals surface area contributed by atoms with Crippen LogP contribution in [-0.2, 0) is 14.0 Å². The highest BCUT2D eigenvalue weighted by Gasteiger charge is 2.62. The van der Waals surface area contributed by atoms with E-state index in [9.17, 15) is 9.59 Å². The summed E-state index contributed by atoms with van der Waals surface area (Å²) < 4.78 is 11.4. The van der Waals surface area contributed by atoms with Gasteiger partial charge in [0.15, 0.2) is 20.2 Å². The van der Waals surface area contributed by atoms with Crippen LogP contribution in [0.1, 0.15) is 20.8 Å². The quantitative estimate of drug-likeness (QED) is 0.566. The lowest BCUT2D eigenvalue weighted by Gasteiger charge is -2.37. The number of imide groups is 1. The molecule has 5 nitrogen and oxygen atoms in total. The van der Waals surface area contributed by atoms with E-state index in [0.29, 0.717) is 6.61 Å². The molecule has 0 radical (unpaired) electrons. The monoisotopic (exact) mass is 283 g/mol. The average molecular weight is 283 g/mol. The van der Waals surface area contributed by atoms with Gasteiger partial charge in [-0.3, -0.25) is 14.5 Å². The molecule has 0 aromatic carbocycles. The molecular weight excluding hydrogens is 261 g/mol. The van der Waals surface area contributed by atoms with Crippen LogP contribution >= 0.6 is 0 Å². The zero-order valence-corrected chi connectivity index (χ0v) is 13.5. The number of carbonyl (C=O) groups excluding carboxylic acids is 2. The highest BCUT2D eigenvalue weighted by molar-refractivity contribution is 6.74. The van der Waals surface area contributed by atoms with Crippen LogP contribution < -0.4 is 0 Å². The lowest BCUT2D eigenvalue weighted by atomic mass is 10.1. The van der Waals surface area contributed by atoms with Gasteiger partial charge in [0, 0.05) is 0 Å². The Morgan fingerprint density at radius 1 is 1.47 bits per heavy atom. The number of rotatable bonds is 3. The number of likely N-dealkylation sites (tertiary alicyclic amines) is 1. The van der Waals surface area contributed by atoms with E-state index in [1.54, 1.807) is 0 Å². The van der Waals surface area contributed by atoms with Gasteiger partial charge in [-0.05, 0) is 18.1 Å². The maximum absolute atomic E-state index is 11.9. The molecular formula is C12H22BNO4Si. The lowest BCUT2D eigenvalue weighted by molar-refractivity contribution is -0.130. The second-order valence-electron chi connectivity index (χ2n) is 6.89. The van der Waals surface area contributed by atoms with Crippen molar-refractivity contribution in [2.24, 2.45) is 0 Å². The van der Waals surface area contributed by atoms with Crippen molar-refractivity contribution < 1.29 is 18.8 Å². The zero-order valence-electron chi connectivity index (χ0n) is 12.5. The molecule has 0 saturated carbocycles. The molecule has 0 N–H and O–H groups in total. The predicted molar refractivity (Wildman–Crippen MR) is 76.4 cm³/mol. The van der Waals surface area contributed by atoms with Gasteiger partial charge in [-0.15, -0.1) is 0 Å². The first-order chi connectivity index (χ1) is 8.56. The minimum absolute atomic E-state index is 0.112. The Bertz CT molecular complexity index is 420. The fourth-order valence-corrected chi connectivity index (χ4v) is 3.15. The lowest BCUT2D eigenvalue weighted by Crippen LogP contribution is -2.49. The fraction of sp³-hybridized carbons (Fsp3) is 0.833. The van der Waals surface area contributed by atoms with Gasteiger partial charge < -0.3 is 9.16 Å². The Morgan fingerprint density at radius 3 is 2.53 bits per heavy atom. The molecule has 2 aliphatic heterocycles. The van der Waals surface area contributed by atoms with Crippen molar-refractivity contribution in [3.63, 3.8) is 0 Å². The van der Waals surface area contributed by atoms with Crippen molar-refractivity contribution in [2.75, 3.05) is 6.61 Å². The highest BCUT2D eigenvalue weighted by atomic mass is 28.4. The number of morpholine rings is 1. The van der Waals surface area contributed by atoms with E-state index in [1.165, 1.54) is 12.7 Å². The molecule has 0 bridgehead atoms. The van der Waals surface area contributed by atoms with Gasteiger partial charge in [0.2, 0.25) is 7.85 Å². The number of amides is 2. The van der Waals surface area contributed by atoms with Crippen molar-refractivity contribution in [1.29, 1.82) is 0 Å². The Labute approximate surface area is 116 Å². The molecule has 2 aliphatic rings. The molecule has 2 rings (SSSR count). The largest absolute Gasteiger partial charge is 0.415 e. The number of fused-ring (bicyclic) bond motifs is 1. The number of nitrogens with zero attached hydrogens (tertiary/aromatic N) is 1. The van der Waals surface area contributed by atoms with Gasteiger partial charge in [-0.25, -0.2) is 0 Å². The van der Waals surface area contributed by atoms with E-state index in [0.717, 1.165) is 0 Å². The van der Waals surface area contributed by atoms with Crippen LogP contribution in [0.4, 0.5) is 4.79 Å². The minimum atomic E-state index is -1.87. The average Bonchev–Trinajstić information content (AvgIpc) is 2.96. The third-order valence-corrected chi connectivity index (χ3v) is 8.98. The van der Waals surface area contributed by atoms with Gasteiger partial charge >= 0.3 is 0 Å². The summed E-state index contributed by atoms with van der Waals surface area (Å²) in [4.78, 5) is 24.7. The Morgan fingerprint density at radius 2 is 2.05 bits per heavy atom. The summed E-state index contributed by atoms with van der Waals surface area (Å²) in [5.74, 6) is -0.425. The second kappa shape index (κ2) is 4.43. The molecule has 3 atom stereocenters. The van der Waals surface area contributed by atoms with Crippen molar-refractivity contribution in [3.05, 3.63) is 0 Å². The normalized spacial score (nSPS) is 30.5. The van der Waals surface area contributed by atoms with E-state index in [-0.39, 0.29) is 28.9 Å². The first-order valence-corrected chi connectivity index (χ1v) is 9.60. The highest BCUT2D eigenvalue weighted by Crippen LogP contribution is 2.40. The van der Waals surface area contributed by atoms with E-state index >= 15 is 0 Å². The fourth-order valence-electron chi connectivity index (χ4n) is 2.13. The van der Waals surface area contributed by atoms with E-state index in [2.05, 4.69) is 33.9 Å². The zero-order chi connectivity index (χ0) is 14.6. The molecule has 106 valence electrons. The molecule has 2 saturated heterocycles. The van der Waals surface area contributed by atoms with Gasteiger partial charge in [0.05, 0.1) is 12.6 Å². The summed E-state index contributed by atoms with van der Waals surface area (Å²) in [6.07, 6.45) is -0.557. The van der Waals surface area contributed by atoms with Crippen LogP contribution in [0.25, 0.3) is 0 Å². The summed E-state index contributed by atoms with van der Waals surface area (Å²) in [7, 11) is -0.456. The molecule has 2 amide bonds. The van der Waals surface area contributed by atoms with Crippen molar-refractivity contribution in [1.82, 2.24) is 4.90 Å². The summed E-state index contributed by atoms with van der Waals surface area (Å²) in [5.41, 5.74) is 0. The molecule has 0 aromatic rings. The smallest absolute Gasteiger partial charge is 0.260 e. The van der Waals surface area contributed by atoms with Crippen LogP contribution in [-0.4, -0.2) is 57.6 Å². The SMILES string of the molecule is BC(=O)N1C(=O)C2OC2[C@H]1CO[Si](C)(C)C(C)(C)C. The minimum Gasteiger partial charge on any atom is -0.415 e. The Hall–Kier alpha value is -0.658. The first kappa shape index (κ1) is 14.7. The Balaban J connectivity index is 2.03. The van der Waals surface area contributed by atoms with Gasteiger partial charge in [-0.2, -0.15) is 0 Å². The van der Waals surface area contributed by atoms with Crippen LogP contribution in [0.3, 0.4) is 0 Å². The number of epoxide rings is 1. The summed E-state index contributed by atoms with van der Waals surface area (Å²) in [5, 5.41) is 0.112. The van der Waals surface area contributed by atoms with Crippen LogP contribution in [0.2, 0.25) is 18.1 Å². The van der Waals surface area contributed by atoms with Crippen molar-refractivity contribution in [2.45, 2.75) is 57.2 Å². The maximum Gasteiger partial charge on any atom is 0.260 e. The second-order valence-corrected chi connectivity index (χ2v) is 11.7. The van der Waals surface area contributed by atoms with Crippen molar-refractivity contribution in [3.8, 4) is 0 Å². The van der Waals surface area contributed by atoms with E-state index < -0.39 is 14.4 Å². The topological polar surface area (TPSA) is 59.1 Å². The summed E-state index contributed by atoms with van der Waals surface area (Å²) in [6, 6.07) is -0.246. The molecule has 2 unspecified atom stereocenters. The third kappa shape index (κ3) is 2.51. The molecule has 2 fully saturated rings. The molecule has 7 heteroatoms. The van der Waals surface area contributed by atoms with E-state index in [4.69, 9.17) is 9.16 Å². The Kier molecular flexibility index (Phi) is 3.44. The molecule has 19 heavy (non-hydrogen) atoms. The number of hydrogen-bond acceptors (Lipinski definition) is 4. The molecule has 2 heterocycles. The van der Waals surface area contributed by atoms with Gasteiger partial charge in [0.1, 0.15) is 6.10 Å².